The van der Waals surface area contributed by atoms with Crippen LogP contribution in [0.1, 0.15) is 5.56 Å². The van der Waals surface area contributed by atoms with Crippen LogP contribution in [0.15, 0.2) is 59.8 Å². The summed E-state index contributed by atoms with van der Waals surface area (Å²) in [6, 6.07) is 16.2. The first-order valence-corrected chi connectivity index (χ1v) is 5.29. The van der Waals surface area contributed by atoms with Gasteiger partial charge in [-0.2, -0.15) is 17.7 Å². The summed E-state index contributed by atoms with van der Waals surface area (Å²) in [6.07, 6.45) is 1.81. The van der Waals surface area contributed by atoms with Crippen molar-refractivity contribution in [3.63, 3.8) is 0 Å². The molecule has 0 saturated carbocycles. The zero-order chi connectivity index (χ0) is 9.64. The Bertz CT molecular complexity index is 338. The van der Waals surface area contributed by atoms with Gasteiger partial charge in [-0.25, -0.2) is 0 Å². The molecule has 15 heavy (non-hydrogen) atoms. The maximum atomic E-state index is 4.23. The van der Waals surface area contributed by atoms with E-state index in [1.165, 1.54) is 5.56 Å². The number of rotatable bonds is 3. The van der Waals surface area contributed by atoms with E-state index in [0.717, 1.165) is 5.03 Å². The number of aromatic nitrogens is 1. The number of benzene rings is 1. The van der Waals surface area contributed by atoms with Gasteiger partial charge in [0.05, 0.1) is 5.03 Å². The Labute approximate surface area is 106 Å². The molecule has 1 aromatic carbocycles. The fraction of sp³-hybridized carbons (Fsp3) is 0. The van der Waals surface area contributed by atoms with Gasteiger partial charge in [-0.05, 0) is 12.1 Å². The second-order valence-electron chi connectivity index (χ2n) is 2.81. The zero-order valence-electron chi connectivity index (χ0n) is 8.63. The van der Waals surface area contributed by atoms with E-state index in [-0.39, 0.29) is 18.9 Å². The SMILES string of the molecule is [Li+].c1ccc([CH-]Sc2ccccn2)cc1. The Morgan fingerprint density at radius 1 is 0.933 bits per heavy atom. The predicted octanol–water partition coefficient (Wildman–Crippen LogP) is 0.388. The second-order valence-corrected chi connectivity index (χ2v) is 3.70. The number of thioether (sulfide) groups is 1. The summed E-state index contributed by atoms with van der Waals surface area (Å²) < 4.78 is 0. The summed E-state index contributed by atoms with van der Waals surface area (Å²) in [7, 11) is 0. The van der Waals surface area contributed by atoms with Crippen LogP contribution >= 0.6 is 11.8 Å². The van der Waals surface area contributed by atoms with Gasteiger partial charge in [0.2, 0.25) is 0 Å². The first-order valence-electron chi connectivity index (χ1n) is 4.41. The Hall–Kier alpha value is -0.813. The van der Waals surface area contributed by atoms with Crippen molar-refractivity contribution >= 4 is 11.8 Å². The largest absolute Gasteiger partial charge is 1.00 e. The summed E-state index contributed by atoms with van der Waals surface area (Å²) in [5.74, 6) is 2.10. The third-order valence-electron chi connectivity index (χ3n) is 1.75. The van der Waals surface area contributed by atoms with Crippen molar-refractivity contribution in [3.8, 4) is 0 Å². The van der Waals surface area contributed by atoms with E-state index in [1.807, 2.05) is 36.4 Å². The van der Waals surface area contributed by atoms with E-state index < -0.39 is 0 Å². The Morgan fingerprint density at radius 3 is 2.33 bits per heavy atom. The molecule has 0 saturated heterocycles. The smallest absolute Gasteiger partial charge is 0.251 e. The maximum Gasteiger partial charge on any atom is 1.00 e. The van der Waals surface area contributed by atoms with Crippen molar-refractivity contribution in [1.29, 1.82) is 0 Å². The van der Waals surface area contributed by atoms with Gasteiger partial charge in [-0.15, -0.1) is 29.6 Å². The van der Waals surface area contributed by atoms with E-state index in [0.29, 0.717) is 0 Å². The van der Waals surface area contributed by atoms with Gasteiger partial charge >= 0.3 is 18.9 Å². The van der Waals surface area contributed by atoms with E-state index >= 15 is 0 Å². The van der Waals surface area contributed by atoms with Crippen LogP contribution in [0.2, 0.25) is 0 Å². The third-order valence-corrected chi connectivity index (χ3v) is 2.63. The minimum Gasteiger partial charge on any atom is -0.251 e. The molecule has 0 atom stereocenters. The average molecular weight is 207 g/mol. The normalized spacial score (nSPS) is 9.07. The van der Waals surface area contributed by atoms with E-state index in [1.54, 1.807) is 18.0 Å². The predicted molar refractivity (Wildman–Crippen MR) is 59.9 cm³/mol. The average Bonchev–Trinajstić information content (AvgIpc) is 2.29. The van der Waals surface area contributed by atoms with Crippen LogP contribution in [0, 0.1) is 5.75 Å². The molecule has 1 nitrogen and oxygen atoms in total. The van der Waals surface area contributed by atoms with Crippen molar-refractivity contribution in [1.82, 2.24) is 4.98 Å². The van der Waals surface area contributed by atoms with Gasteiger partial charge in [0.25, 0.3) is 0 Å². The molecule has 0 radical (unpaired) electrons. The molecule has 1 heterocycles. The number of pyridine rings is 1. The fourth-order valence-corrected chi connectivity index (χ4v) is 1.77. The van der Waals surface area contributed by atoms with Crippen LogP contribution in [-0.2, 0) is 0 Å². The molecule has 0 aliphatic rings. The van der Waals surface area contributed by atoms with Crippen LogP contribution in [0.4, 0.5) is 0 Å². The van der Waals surface area contributed by atoms with Crippen LogP contribution in [-0.4, -0.2) is 4.98 Å². The first kappa shape index (κ1) is 12.3. The molecule has 0 fully saturated rings. The van der Waals surface area contributed by atoms with Gasteiger partial charge in [-0.3, -0.25) is 4.98 Å². The van der Waals surface area contributed by atoms with Gasteiger partial charge < -0.3 is 0 Å². The zero-order valence-corrected chi connectivity index (χ0v) is 9.45. The molecule has 1 aromatic heterocycles. The molecule has 70 valence electrons. The topological polar surface area (TPSA) is 12.9 Å². The first-order chi connectivity index (χ1) is 6.95. The second kappa shape index (κ2) is 6.63. The minimum atomic E-state index is 0. The quantitative estimate of drug-likeness (QED) is 0.410. The summed E-state index contributed by atoms with van der Waals surface area (Å²) >= 11 is 1.64. The molecule has 0 aliphatic carbocycles. The third kappa shape index (κ3) is 4.05. The Morgan fingerprint density at radius 2 is 1.67 bits per heavy atom. The molecule has 3 heteroatoms. The monoisotopic (exact) mass is 207 g/mol. The molecule has 2 rings (SSSR count). The molecule has 2 aromatic rings. The van der Waals surface area contributed by atoms with E-state index in [4.69, 9.17) is 0 Å². The van der Waals surface area contributed by atoms with Gasteiger partial charge in [0.1, 0.15) is 0 Å². The van der Waals surface area contributed by atoms with Gasteiger partial charge in [0.15, 0.2) is 0 Å². The summed E-state index contributed by atoms with van der Waals surface area (Å²) in [6.45, 7) is 0. The van der Waals surface area contributed by atoms with Crippen molar-refractivity contribution in [3.05, 3.63) is 66.0 Å². The molecule has 0 unspecified atom stereocenters. The van der Waals surface area contributed by atoms with Crippen molar-refractivity contribution in [2.45, 2.75) is 5.03 Å². The molecule has 0 bridgehead atoms. The summed E-state index contributed by atoms with van der Waals surface area (Å²) in [5.41, 5.74) is 1.21. The van der Waals surface area contributed by atoms with Crippen molar-refractivity contribution in [2.75, 3.05) is 0 Å². The van der Waals surface area contributed by atoms with Gasteiger partial charge in [0, 0.05) is 6.20 Å². The van der Waals surface area contributed by atoms with Crippen LogP contribution in [0.3, 0.4) is 0 Å². The van der Waals surface area contributed by atoms with E-state index in [2.05, 4.69) is 22.9 Å². The summed E-state index contributed by atoms with van der Waals surface area (Å²) in [4.78, 5) is 4.23. The van der Waals surface area contributed by atoms with Crippen molar-refractivity contribution in [2.24, 2.45) is 0 Å². The number of nitrogens with zero attached hydrogens (tertiary/aromatic N) is 1. The molecule has 0 aliphatic heterocycles. The maximum absolute atomic E-state index is 4.23. The van der Waals surface area contributed by atoms with Crippen LogP contribution in [0.5, 0.6) is 0 Å². The standard InChI is InChI=1S/C12H10NS.Li/c1-2-6-11(7-3-1)10-14-12-8-4-5-9-13-12;/h1-10H;/q-1;+1. The Kier molecular flexibility index (Phi) is 5.42. The summed E-state index contributed by atoms with van der Waals surface area (Å²) in [5, 5.41) is 1.02. The van der Waals surface area contributed by atoms with Crippen LogP contribution in [0.25, 0.3) is 0 Å². The molecule has 0 amide bonds. The molecule has 0 N–H and O–H groups in total. The Balaban J connectivity index is 0.00000112. The van der Waals surface area contributed by atoms with Gasteiger partial charge in [-0.1, -0.05) is 12.1 Å². The van der Waals surface area contributed by atoms with Crippen molar-refractivity contribution < 1.29 is 18.9 Å². The minimum absolute atomic E-state index is 0. The van der Waals surface area contributed by atoms with Crippen LogP contribution < -0.4 is 18.9 Å². The number of hydrogen-bond acceptors (Lipinski definition) is 2. The molecule has 0 spiro atoms. The fourth-order valence-electron chi connectivity index (χ4n) is 1.08. The molecular weight excluding hydrogens is 197 g/mol. The molecular formula is C12H10LiNS. The number of hydrogen-bond donors (Lipinski definition) is 0. The van der Waals surface area contributed by atoms with E-state index in [9.17, 15) is 0 Å².